The van der Waals surface area contributed by atoms with E-state index in [-0.39, 0.29) is 6.42 Å². The van der Waals surface area contributed by atoms with Gasteiger partial charge >= 0.3 is 6.18 Å². The zero-order valence-electron chi connectivity index (χ0n) is 4.07. The van der Waals surface area contributed by atoms with E-state index in [0.29, 0.717) is 0 Å². The average Bonchev–Trinajstić information content (AvgIpc) is 2.13. The van der Waals surface area contributed by atoms with Gasteiger partial charge in [-0.15, -0.1) is 0 Å². The first kappa shape index (κ1) is 5.88. The molecule has 2 atom stereocenters. The summed E-state index contributed by atoms with van der Waals surface area (Å²) in [6, 6.07) is -0.616. The highest BCUT2D eigenvalue weighted by atomic mass is 19.4. The third-order valence-corrected chi connectivity index (χ3v) is 1.26. The Kier molecular flexibility index (Phi) is 1.01. The van der Waals surface area contributed by atoms with Crippen LogP contribution in [-0.2, 0) is 0 Å². The zero-order chi connectivity index (χ0) is 6.36. The van der Waals surface area contributed by atoms with Crippen LogP contribution in [0.25, 0.3) is 0 Å². The largest absolute Gasteiger partial charge is 0.393 e. The number of alkyl halides is 3. The fourth-order valence-corrected chi connectivity index (χ4v) is 0.591. The Labute approximate surface area is 44.7 Å². The molecular formula is C4H6F3N. The van der Waals surface area contributed by atoms with Crippen molar-refractivity contribution in [2.75, 3.05) is 0 Å². The van der Waals surface area contributed by atoms with Crippen molar-refractivity contribution in [3.8, 4) is 0 Å². The second kappa shape index (κ2) is 1.37. The quantitative estimate of drug-likeness (QED) is 0.511. The second-order valence-electron chi connectivity index (χ2n) is 2.05. The van der Waals surface area contributed by atoms with Gasteiger partial charge in [-0.2, -0.15) is 13.2 Å². The summed E-state index contributed by atoms with van der Waals surface area (Å²) >= 11 is 0. The van der Waals surface area contributed by atoms with Crippen molar-refractivity contribution in [3.05, 3.63) is 0 Å². The minimum atomic E-state index is -4.04. The Balaban J connectivity index is 2.39. The third kappa shape index (κ3) is 0.940. The summed E-state index contributed by atoms with van der Waals surface area (Å²) in [7, 11) is 0. The third-order valence-electron chi connectivity index (χ3n) is 1.26. The molecule has 0 aliphatic heterocycles. The molecule has 0 aromatic carbocycles. The molecule has 0 heterocycles. The minimum Gasteiger partial charge on any atom is -0.327 e. The smallest absolute Gasteiger partial charge is 0.327 e. The molecule has 0 saturated heterocycles. The Morgan fingerprint density at radius 3 is 1.75 bits per heavy atom. The van der Waals surface area contributed by atoms with E-state index >= 15 is 0 Å². The topological polar surface area (TPSA) is 26.0 Å². The van der Waals surface area contributed by atoms with E-state index < -0.39 is 18.1 Å². The van der Waals surface area contributed by atoms with Gasteiger partial charge in [0.05, 0.1) is 5.92 Å². The maximum absolute atomic E-state index is 11.4. The van der Waals surface area contributed by atoms with Crippen LogP contribution in [0, 0.1) is 5.92 Å². The minimum absolute atomic E-state index is 0.115. The van der Waals surface area contributed by atoms with Gasteiger partial charge in [0.15, 0.2) is 0 Å². The molecule has 0 spiro atoms. The first-order chi connectivity index (χ1) is 3.52. The predicted octanol–water partition coefficient (Wildman–Crippen LogP) is 0.896. The average molecular weight is 125 g/mol. The highest BCUT2D eigenvalue weighted by Gasteiger charge is 2.53. The summed E-state index contributed by atoms with van der Waals surface area (Å²) in [6.45, 7) is 0. The molecule has 4 heteroatoms. The number of hydrogen-bond acceptors (Lipinski definition) is 1. The lowest BCUT2D eigenvalue weighted by molar-refractivity contribution is -0.148. The Morgan fingerprint density at radius 2 is 1.75 bits per heavy atom. The number of rotatable bonds is 0. The Bertz CT molecular complexity index is 97.9. The molecule has 0 aromatic heterocycles. The SMILES string of the molecule is N[C@H]1C[C@H]1C(F)(F)F. The van der Waals surface area contributed by atoms with E-state index in [0.717, 1.165) is 0 Å². The molecule has 1 rings (SSSR count). The van der Waals surface area contributed by atoms with Crippen LogP contribution in [0.3, 0.4) is 0 Å². The number of halogens is 3. The molecule has 1 nitrogen and oxygen atoms in total. The van der Waals surface area contributed by atoms with Crippen molar-refractivity contribution in [1.29, 1.82) is 0 Å². The van der Waals surface area contributed by atoms with Gasteiger partial charge in [-0.1, -0.05) is 0 Å². The molecule has 48 valence electrons. The van der Waals surface area contributed by atoms with E-state index in [1.165, 1.54) is 0 Å². The van der Waals surface area contributed by atoms with Gasteiger partial charge in [0.2, 0.25) is 0 Å². The van der Waals surface area contributed by atoms with Crippen molar-refractivity contribution in [2.45, 2.75) is 18.6 Å². The molecular weight excluding hydrogens is 119 g/mol. The van der Waals surface area contributed by atoms with Crippen LogP contribution in [0.1, 0.15) is 6.42 Å². The molecule has 1 aliphatic carbocycles. The number of nitrogens with two attached hydrogens (primary N) is 1. The van der Waals surface area contributed by atoms with Crippen molar-refractivity contribution >= 4 is 0 Å². The van der Waals surface area contributed by atoms with Gasteiger partial charge in [-0.05, 0) is 6.42 Å². The Morgan fingerprint density at radius 1 is 1.38 bits per heavy atom. The fraction of sp³-hybridized carbons (Fsp3) is 1.00. The monoisotopic (exact) mass is 125 g/mol. The number of hydrogen-bond donors (Lipinski definition) is 1. The molecule has 0 unspecified atom stereocenters. The Hall–Kier alpha value is -0.250. The van der Waals surface area contributed by atoms with Gasteiger partial charge in [0, 0.05) is 6.04 Å². The van der Waals surface area contributed by atoms with Crippen LogP contribution in [0.2, 0.25) is 0 Å². The molecule has 8 heavy (non-hydrogen) atoms. The molecule has 0 aromatic rings. The van der Waals surface area contributed by atoms with Crippen LogP contribution >= 0.6 is 0 Å². The molecule has 0 amide bonds. The molecule has 1 aliphatic rings. The van der Waals surface area contributed by atoms with Gasteiger partial charge in [-0.25, -0.2) is 0 Å². The summed E-state index contributed by atoms with van der Waals surface area (Å²) in [5.41, 5.74) is 4.93. The van der Waals surface area contributed by atoms with Crippen LogP contribution in [-0.4, -0.2) is 12.2 Å². The lowest BCUT2D eigenvalue weighted by Crippen LogP contribution is -2.17. The van der Waals surface area contributed by atoms with E-state index in [2.05, 4.69) is 0 Å². The summed E-state index contributed by atoms with van der Waals surface area (Å²) in [4.78, 5) is 0. The predicted molar refractivity (Wildman–Crippen MR) is 22.1 cm³/mol. The van der Waals surface area contributed by atoms with Crippen molar-refractivity contribution in [3.63, 3.8) is 0 Å². The first-order valence-electron chi connectivity index (χ1n) is 2.34. The lowest BCUT2D eigenvalue weighted by Gasteiger charge is -2.00. The maximum Gasteiger partial charge on any atom is 0.393 e. The van der Waals surface area contributed by atoms with Gasteiger partial charge in [0.25, 0.3) is 0 Å². The molecule has 0 bridgehead atoms. The maximum atomic E-state index is 11.4. The molecule has 2 N–H and O–H groups in total. The zero-order valence-corrected chi connectivity index (χ0v) is 4.07. The normalized spacial score (nSPS) is 37.5. The summed E-state index contributed by atoms with van der Waals surface area (Å²) in [5, 5.41) is 0. The first-order valence-corrected chi connectivity index (χ1v) is 2.34. The van der Waals surface area contributed by atoms with Crippen LogP contribution < -0.4 is 5.73 Å². The van der Waals surface area contributed by atoms with E-state index in [1.54, 1.807) is 0 Å². The van der Waals surface area contributed by atoms with E-state index in [9.17, 15) is 13.2 Å². The van der Waals surface area contributed by atoms with Crippen molar-refractivity contribution in [1.82, 2.24) is 0 Å². The second-order valence-corrected chi connectivity index (χ2v) is 2.05. The molecule has 1 fully saturated rings. The highest BCUT2D eigenvalue weighted by Crippen LogP contribution is 2.42. The fourth-order valence-electron chi connectivity index (χ4n) is 0.591. The van der Waals surface area contributed by atoms with E-state index in [1.807, 2.05) is 0 Å². The summed E-state index contributed by atoms with van der Waals surface area (Å²) < 4.78 is 34.2. The highest BCUT2D eigenvalue weighted by molar-refractivity contribution is 4.94. The summed E-state index contributed by atoms with van der Waals surface area (Å²) in [6.07, 6.45) is -3.93. The lowest BCUT2D eigenvalue weighted by atomic mass is 10.4. The van der Waals surface area contributed by atoms with E-state index in [4.69, 9.17) is 5.73 Å². The summed E-state index contributed by atoms with van der Waals surface area (Å²) in [5.74, 6) is -1.21. The molecule has 0 radical (unpaired) electrons. The van der Waals surface area contributed by atoms with Crippen LogP contribution in [0.15, 0.2) is 0 Å². The van der Waals surface area contributed by atoms with Crippen LogP contribution in [0.4, 0.5) is 13.2 Å². The van der Waals surface area contributed by atoms with Crippen molar-refractivity contribution < 1.29 is 13.2 Å². The standard InChI is InChI=1S/C4H6F3N/c5-4(6,7)2-1-3(2)8/h2-3H,1,8H2/t2-,3+/m1/s1. The molecule has 1 saturated carbocycles. The van der Waals surface area contributed by atoms with Gasteiger partial charge in [0.1, 0.15) is 0 Å². The van der Waals surface area contributed by atoms with Gasteiger partial charge < -0.3 is 5.73 Å². The van der Waals surface area contributed by atoms with Gasteiger partial charge in [-0.3, -0.25) is 0 Å². The van der Waals surface area contributed by atoms with Crippen LogP contribution in [0.5, 0.6) is 0 Å². The van der Waals surface area contributed by atoms with Crippen molar-refractivity contribution in [2.24, 2.45) is 11.7 Å².